The Bertz CT molecular complexity index is 397. The van der Waals surface area contributed by atoms with Crippen molar-refractivity contribution < 1.29 is 4.74 Å². The monoisotopic (exact) mass is 234 g/mol. The van der Waals surface area contributed by atoms with Gasteiger partial charge in [-0.25, -0.2) is 0 Å². The molecule has 0 spiro atoms. The Balaban J connectivity index is 2.35. The van der Waals surface area contributed by atoms with Gasteiger partial charge in [-0.2, -0.15) is 0 Å². The molecular weight excluding hydrogens is 212 g/mol. The van der Waals surface area contributed by atoms with E-state index in [1.807, 2.05) is 0 Å². The quantitative estimate of drug-likeness (QED) is 0.840. The molecule has 2 unspecified atom stereocenters. The van der Waals surface area contributed by atoms with Crippen molar-refractivity contribution in [3.8, 4) is 5.75 Å². The van der Waals surface area contributed by atoms with Gasteiger partial charge in [-0.05, 0) is 44.8 Å². The van der Waals surface area contributed by atoms with Gasteiger partial charge >= 0.3 is 0 Å². The molecule has 0 aromatic heterocycles. The van der Waals surface area contributed by atoms with E-state index >= 15 is 0 Å². The molecule has 17 heavy (non-hydrogen) atoms. The molecule has 3 N–H and O–H groups in total. The van der Waals surface area contributed by atoms with Crippen molar-refractivity contribution >= 4 is 0 Å². The number of nitrogens with two attached hydrogens (primary N) is 1. The summed E-state index contributed by atoms with van der Waals surface area (Å²) in [4.78, 5) is 0. The molecule has 0 bridgehead atoms. The number of benzene rings is 1. The highest BCUT2D eigenvalue weighted by molar-refractivity contribution is 5.45. The van der Waals surface area contributed by atoms with Crippen molar-refractivity contribution in [3.63, 3.8) is 0 Å². The minimum atomic E-state index is 0.0681. The van der Waals surface area contributed by atoms with Crippen LogP contribution in [0.2, 0.25) is 0 Å². The topological polar surface area (TPSA) is 47.3 Å². The lowest BCUT2D eigenvalue weighted by Gasteiger charge is -2.22. The van der Waals surface area contributed by atoms with Crippen LogP contribution < -0.4 is 15.8 Å². The maximum absolute atomic E-state index is 6.39. The van der Waals surface area contributed by atoms with Crippen molar-refractivity contribution in [1.29, 1.82) is 0 Å². The zero-order valence-corrected chi connectivity index (χ0v) is 10.9. The van der Waals surface area contributed by atoms with Gasteiger partial charge in [0, 0.05) is 11.6 Å². The molecular formula is C14H22N2O. The maximum atomic E-state index is 6.39. The lowest BCUT2D eigenvalue weighted by atomic mass is 9.90. The van der Waals surface area contributed by atoms with E-state index in [-0.39, 0.29) is 6.04 Å². The first kappa shape index (κ1) is 12.4. The van der Waals surface area contributed by atoms with Crippen molar-refractivity contribution in [2.24, 2.45) is 11.7 Å². The Hall–Kier alpha value is -1.06. The van der Waals surface area contributed by atoms with Crippen LogP contribution in [-0.4, -0.2) is 20.2 Å². The minimum Gasteiger partial charge on any atom is -0.496 e. The Labute approximate surface area is 103 Å². The summed E-state index contributed by atoms with van der Waals surface area (Å²) in [5, 5.41) is 3.37. The second-order valence-electron chi connectivity index (χ2n) is 4.98. The molecule has 0 saturated carbocycles. The number of ether oxygens (including phenoxy) is 1. The van der Waals surface area contributed by atoms with Gasteiger partial charge in [-0.1, -0.05) is 17.7 Å². The smallest absolute Gasteiger partial charge is 0.126 e. The average molecular weight is 234 g/mol. The fourth-order valence-electron chi connectivity index (χ4n) is 2.75. The molecule has 1 fully saturated rings. The van der Waals surface area contributed by atoms with Crippen LogP contribution in [0.3, 0.4) is 0 Å². The van der Waals surface area contributed by atoms with Gasteiger partial charge in [0.15, 0.2) is 0 Å². The van der Waals surface area contributed by atoms with Crippen LogP contribution in [0.15, 0.2) is 12.1 Å². The lowest BCUT2D eigenvalue weighted by molar-refractivity contribution is 0.388. The van der Waals surface area contributed by atoms with E-state index in [0.717, 1.165) is 30.8 Å². The van der Waals surface area contributed by atoms with Crippen LogP contribution in [-0.2, 0) is 0 Å². The van der Waals surface area contributed by atoms with Crippen LogP contribution >= 0.6 is 0 Å². The summed E-state index contributed by atoms with van der Waals surface area (Å²) in [6.07, 6.45) is 1.15. The van der Waals surface area contributed by atoms with Crippen LogP contribution in [0.4, 0.5) is 0 Å². The zero-order chi connectivity index (χ0) is 12.4. The van der Waals surface area contributed by atoms with Gasteiger partial charge in [0.1, 0.15) is 5.75 Å². The zero-order valence-electron chi connectivity index (χ0n) is 10.9. The first-order valence-corrected chi connectivity index (χ1v) is 6.25. The number of rotatable bonds is 3. The second-order valence-corrected chi connectivity index (χ2v) is 4.98. The normalized spacial score (nSPS) is 21.5. The molecule has 2 atom stereocenters. The Kier molecular flexibility index (Phi) is 3.69. The van der Waals surface area contributed by atoms with Gasteiger partial charge in [0.2, 0.25) is 0 Å². The van der Waals surface area contributed by atoms with E-state index in [0.29, 0.717) is 5.92 Å². The molecule has 0 radical (unpaired) electrons. The molecule has 1 saturated heterocycles. The Morgan fingerprint density at radius 3 is 2.76 bits per heavy atom. The largest absolute Gasteiger partial charge is 0.496 e. The van der Waals surface area contributed by atoms with E-state index in [1.54, 1.807) is 7.11 Å². The van der Waals surface area contributed by atoms with Crippen LogP contribution in [0.5, 0.6) is 5.75 Å². The van der Waals surface area contributed by atoms with Gasteiger partial charge in [0.25, 0.3) is 0 Å². The number of methoxy groups -OCH3 is 1. The molecule has 1 aliphatic rings. The number of hydrogen-bond acceptors (Lipinski definition) is 3. The van der Waals surface area contributed by atoms with Crippen molar-refractivity contribution in [2.75, 3.05) is 20.2 Å². The van der Waals surface area contributed by atoms with Gasteiger partial charge in [-0.3, -0.25) is 0 Å². The van der Waals surface area contributed by atoms with Crippen LogP contribution in [0.25, 0.3) is 0 Å². The summed E-state index contributed by atoms with van der Waals surface area (Å²) < 4.78 is 5.51. The summed E-state index contributed by atoms with van der Waals surface area (Å²) in [6, 6.07) is 4.37. The fourth-order valence-corrected chi connectivity index (χ4v) is 2.75. The third kappa shape index (κ3) is 2.45. The molecule has 2 rings (SSSR count). The molecule has 0 amide bonds. The van der Waals surface area contributed by atoms with E-state index in [4.69, 9.17) is 10.5 Å². The molecule has 0 aliphatic carbocycles. The minimum absolute atomic E-state index is 0.0681. The molecule has 1 aromatic rings. The first-order chi connectivity index (χ1) is 8.13. The van der Waals surface area contributed by atoms with Crippen molar-refractivity contribution in [3.05, 3.63) is 28.8 Å². The Morgan fingerprint density at radius 2 is 2.18 bits per heavy atom. The summed E-state index contributed by atoms with van der Waals surface area (Å²) in [7, 11) is 1.72. The van der Waals surface area contributed by atoms with E-state index in [1.165, 1.54) is 11.1 Å². The molecule has 94 valence electrons. The van der Waals surface area contributed by atoms with Gasteiger partial charge in [0.05, 0.1) is 7.11 Å². The van der Waals surface area contributed by atoms with Gasteiger partial charge in [-0.15, -0.1) is 0 Å². The molecule has 1 aliphatic heterocycles. The molecule has 3 heteroatoms. The fraction of sp³-hybridized carbons (Fsp3) is 0.571. The maximum Gasteiger partial charge on any atom is 0.126 e. The first-order valence-electron chi connectivity index (χ1n) is 6.25. The summed E-state index contributed by atoms with van der Waals surface area (Å²) in [5.41, 5.74) is 9.97. The van der Waals surface area contributed by atoms with Crippen LogP contribution in [0, 0.1) is 19.8 Å². The van der Waals surface area contributed by atoms with E-state index < -0.39 is 0 Å². The lowest BCUT2D eigenvalue weighted by Crippen LogP contribution is -2.24. The van der Waals surface area contributed by atoms with Crippen molar-refractivity contribution in [1.82, 2.24) is 5.32 Å². The SMILES string of the molecule is COc1c(C)cc(C)cc1C(N)C1CCNC1. The number of hydrogen-bond donors (Lipinski definition) is 2. The third-order valence-corrected chi connectivity index (χ3v) is 3.62. The molecule has 1 heterocycles. The van der Waals surface area contributed by atoms with Gasteiger partial charge < -0.3 is 15.8 Å². The summed E-state index contributed by atoms with van der Waals surface area (Å²) in [5.74, 6) is 1.47. The number of nitrogens with one attached hydrogen (secondary N) is 1. The highest BCUT2D eigenvalue weighted by atomic mass is 16.5. The summed E-state index contributed by atoms with van der Waals surface area (Å²) >= 11 is 0. The highest BCUT2D eigenvalue weighted by Crippen LogP contribution is 2.34. The van der Waals surface area contributed by atoms with Crippen LogP contribution in [0.1, 0.15) is 29.2 Å². The Morgan fingerprint density at radius 1 is 1.41 bits per heavy atom. The predicted molar refractivity (Wildman–Crippen MR) is 70.4 cm³/mol. The number of aryl methyl sites for hydroxylation is 2. The summed E-state index contributed by atoms with van der Waals surface area (Å²) in [6.45, 7) is 6.27. The third-order valence-electron chi connectivity index (χ3n) is 3.62. The molecule has 3 nitrogen and oxygen atoms in total. The highest BCUT2D eigenvalue weighted by Gasteiger charge is 2.26. The van der Waals surface area contributed by atoms with Crippen molar-refractivity contribution in [2.45, 2.75) is 26.3 Å². The predicted octanol–water partition coefficient (Wildman–Crippen LogP) is 1.92. The van der Waals surface area contributed by atoms with E-state index in [2.05, 4.69) is 31.3 Å². The average Bonchev–Trinajstić information content (AvgIpc) is 2.80. The second kappa shape index (κ2) is 5.07. The molecule has 1 aromatic carbocycles. The standard InChI is InChI=1S/C14H22N2O/c1-9-6-10(2)14(17-3)12(7-9)13(15)11-4-5-16-8-11/h6-7,11,13,16H,4-5,8,15H2,1-3H3. The van der Waals surface area contributed by atoms with E-state index in [9.17, 15) is 0 Å².